The van der Waals surface area contributed by atoms with Crippen LogP contribution in [0.25, 0.3) is 34.0 Å². The van der Waals surface area contributed by atoms with E-state index in [-0.39, 0.29) is 5.82 Å². The van der Waals surface area contributed by atoms with E-state index in [0.29, 0.717) is 22.9 Å². The molecule has 0 bridgehead atoms. The van der Waals surface area contributed by atoms with Crippen molar-refractivity contribution in [2.75, 3.05) is 0 Å². The van der Waals surface area contributed by atoms with Gasteiger partial charge < -0.3 is 9.40 Å². The third-order valence-electron chi connectivity index (χ3n) is 3.81. The number of rotatable bonds is 3. The molecule has 0 atom stereocenters. The summed E-state index contributed by atoms with van der Waals surface area (Å²) in [6.45, 7) is 0. The summed E-state index contributed by atoms with van der Waals surface area (Å²) in [5.74, 6) is 1.32. The summed E-state index contributed by atoms with van der Waals surface area (Å²) in [6, 6.07) is 19.3. The average Bonchev–Trinajstić information content (AvgIpc) is 3.27. The zero-order chi connectivity index (χ0) is 17.2. The number of aromatic nitrogens is 2. The van der Waals surface area contributed by atoms with Gasteiger partial charge in [-0.25, -0.2) is 9.37 Å². The molecule has 0 fully saturated rings. The second-order valence-electron chi connectivity index (χ2n) is 5.48. The minimum absolute atomic E-state index is 0.299. The van der Waals surface area contributed by atoms with Gasteiger partial charge in [-0.3, -0.25) is 0 Å². The second-order valence-corrected chi connectivity index (χ2v) is 5.48. The Morgan fingerprint density at radius 3 is 2.64 bits per heavy atom. The van der Waals surface area contributed by atoms with Crippen molar-refractivity contribution in [3.8, 4) is 17.4 Å². The summed E-state index contributed by atoms with van der Waals surface area (Å²) in [5.41, 5.74) is 2.80. The number of fused-ring (bicyclic) bond motifs is 1. The molecule has 4 rings (SSSR count). The normalized spacial score (nSPS) is 11.6. The lowest BCUT2D eigenvalue weighted by molar-refractivity contribution is 0.571. The SMILES string of the molecule is N#CC(=Cc1ccc(-c2ccc(F)cc2)o1)c1nc2ccccc2[nH]1. The number of imidazole rings is 1. The summed E-state index contributed by atoms with van der Waals surface area (Å²) in [6.07, 6.45) is 1.63. The summed E-state index contributed by atoms with van der Waals surface area (Å²) in [4.78, 5) is 7.55. The van der Waals surface area contributed by atoms with E-state index in [4.69, 9.17) is 4.42 Å². The predicted octanol–water partition coefficient (Wildman–Crippen LogP) is 5.03. The number of nitrogens with zero attached hydrogens (tertiary/aromatic N) is 2. The maximum Gasteiger partial charge on any atom is 0.149 e. The van der Waals surface area contributed by atoms with Crippen LogP contribution in [0.4, 0.5) is 4.39 Å². The number of allylic oxidation sites excluding steroid dienone is 1. The van der Waals surface area contributed by atoms with Crippen molar-refractivity contribution in [3.05, 3.63) is 78.1 Å². The van der Waals surface area contributed by atoms with Crippen LogP contribution >= 0.6 is 0 Å². The van der Waals surface area contributed by atoms with Crippen LogP contribution in [0.3, 0.4) is 0 Å². The minimum atomic E-state index is -0.299. The topological polar surface area (TPSA) is 65.6 Å². The van der Waals surface area contributed by atoms with E-state index < -0.39 is 0 Å². The molecule has 4 aromatic rings. The molecule has 0 saturated heterocycles. The molecule has 120 valence electrons. The molecule has 2 aromatic heterocycles. The van der Waals surface area contributed by atoms with Crippen molar-refractivity contribution in [1.82, 2.24) is 9.97 Å². The average molecular weight is 329 g/mol. The van der Waals surface area contributed by atoms with Crippen molar-refractivity contribution in [3.63, 3.8) is 0 Å². The number of nitriles is 1. The van der Waals surface area contributed by atoms with Crippen LogP contribution in [0.5, 0.6) is 0 Å². The molecular weight excluding hydrogens is 317 g/mol. The molecule has 0 amide bonds. The fourth-order valence-electron chi connectivity index (χ4n) is 2.58. The van der Waals surface area contributed by atoms with E-state index in [1.807, 2.05) is 24.3 Å². The first-order valence-corrected chi connectivity index (χ1v) is 7.65. The first-order chi connectivity index (χ1) is 12.2. The Balaban J connectivity index is 1.69. The van der Waals surface area contributed by atoms with Crippen LogP contribution in [0, 0.1) is 17.1 Å². The van der Waals surface area contributed by atoms with Crippen molar-refractivity contribution in [2.45, 2.75) is 0 Å². The molecule has 0 unspecified atom stereocenters. The first-order valence-electron chi connectivity index (χ1n) is 7.65. The van der Waals surface area contributed by atoms with Gasteiger partial charge in [-0.1, -0.05) is 12.1 Å². The molecule has 4 nitrogen and oxygen atoms in total. The standard InChI is InChI=1S/C20H12FN3O/c21-15-7-5-13(6-8-15)19-10-9-16(25-19)11-14(12-22)20-23-17-3-1-2-4-18(17)24-20/h1-11H,(H,23,24). The minimum Gasteiger partial charge on any atom is -0.457 e. The largest absolute Gasteiger partial charge is 0.457 e. The molecule has 1 N–H and O–H groups in total. The number of hydrogen-bond donors (Lipinski definition) is 1. The van der Waals surface area contributed by atoms with Crippen LogP contribution in [-0.2, 0) is 0 Å². The Kier molecular flexibility index (Phi) is 3.64. The van der Waals surface area contributed by atoms with Crippen LogP contribution in [0.2, 0.25) is 0 Å². The molecule has 0 aliphatic rings. The van der Waals surface area contributed by atoms with Gasteiger partial charge in [0.2, 0.25) is 0 Å². The second kappa shape index (κ2) is 6.10. The predicted molar refractivity (Wildman–Crippen MR) is 93.7 cm³/mol. The first kappa shape index (κ1) is 14.9. The van der Waals surface area contributed by atoms with Crippen LogP contribution in [0.15, 0.2) is 65.1 Å². The highest BCUT2D eigenvalue weighted by Crippen LogP contribution is 2.25. The number of H-pyrrole nitrogens is 1. The Hall–Kier alpha value is -3.65. The van der Waals surface area contributed by atoms with Crippen LogP contribution in [-0.4, -0.2) is 9.97 Å². The van der Waals surface area contributed by atoms with E-state index in [1.54, 1.807) is 30.3 Å². The third-order valence-corrected chi connectivity index (χ3v) is 3.81. The number of hydrogen-bond acceptors (Lipinski definition) is 3. The number of benzene rings is 2. The van der Waals surface area contributed by atoms with Gasteiger partial charge in [-0.15, -0.1) is 0 Å². The van der Waals surface area contributed by atoms with Gasteiger partial charge >= 0.3 is 0 Å². The number of furan rings is 1. The Bertz CT molecular complexity index is 1080. The highest BCUT2D eigenvalue weighted by atomic mass is 19.1. The van der Waals surface area contributed by atoms with Crippen molar-refractivity contribution in [2.24, 2.45) is 0 Å². The van der Waals surface area contributed by atoms with E-state index >= 15 is 0 Å². The molecule has 2 heterocycles. The van der Waals surface area contributed by atoms with Crippen LogP contribution < -0.4 is 0 Å². The summed E-state index contributed by atoms with van der Waals surface area (Å²) < 4.78 is 18.8. The van der Waals surface area contributed by atoms with E-state index in [1.165, 1.54) is 12.1 Å². The van der Waals surface area contributed by atoms with Gasteiger partial charge in [0.05, 0.1) is 16.6 Å². The van der Waals surface area contributed by atoms with E-state index in [0.717, 1.165) is 16.6 Å². The molecule has 25 heavy (non-hydrogen) atoms. The fraction of sp³-hybridized carbons (Fsp3) is 0. The molecule has 5 heteroatoms. The molecular formula is C20H12FN3O. The molecule has 2 aromatic carbocycles. The summed E-state index contributed by atoms with van der Waals surface area (Å²) in [5, 5.41) is 9.46. The highest BCUT2D eigenvalue weighted by Gasteiger charge is 2.10. The van der Waals surface area contributed by atoms with Crippen molar-refractivity contribution < 1.29 is 8.81 Å². The lowest BCUT2D eigenvalue weighted by atomic mass is 10.2. The fourth-order valence-corrected chi connectivity index (χ4v) is 2.58. The third kappa shape index (κ3) is 2.93. The molecule has 0 saturated carbocycles. The highest BCUT2D eigenvalue weighted by molar-refractivity contribution is 5.89. The zero-order valence-electron chi connectivity index (χ0n) is 13.0. The molecule has 0 aliphatic carbocycles. The van der Waals surface area contributed by atoms with Gasteiger partial charge in [0.1, 0.15) is 29.2 Å². The number of halogens is 1. The molecule has 0 radical (unpaired) electrons. The van der Waals surface area contributed by atoms with E-state index in [9.17, 15) is 9.65 Å². The van der Waals surface area contributed by atoms with Crippen LogP contribution in [0.1, 0.15) is 11.6 Å². The lowest BCUT2D eigenvalue weighted by Gasteiger charge is -1.96. The number of para-hydroxylation sites is 2. The van der Waals surface area contributed by atoms with Crippen molar-refractivity contribution >= 4 is 22.7 Å². The van der Waals surface area contributed by atoms with Gasteiger partial charge in [0.25, 0.3) is 0 Å². The Morgan fingerprint density at radius 2 is 1.88 bits per heavy atom. The smallest absolute Gasteiger partial charge is 0.149 e. The van der Waals surface area contributed by atoms with Gasteiger partial charge in [-0.05, 0) is 48.5 Å². The Morgan fingerprint density at radius 1 is 1.08 bits per heavy atom. The Labute approximate surface area is 142 Å². The van der Waals surface area contributed by atoms with Crippen molar-refractivity contribution in [1.29, 1.82) is 5.26 Å². The zero-order valence-corrected chi connectivity index (χ0v) is 13.0. The van der Waals surface area contributed by atoms with E-state index in [2.05, 4.69) is 16.0 Å². The number of aromatic amines is 1. The molecule has 0 spiro atoms. The monoisotopic (exact) mass is 329 g/mol. The maximum absolute atomic E-state index is 13.0. The lowest BCUT2D eigenvalue weighted by Crippen LogP contribution is -1.84. The van der Waals surface area contributed by atoms with Gasteiger partial charge in [-0.2, -0.15) is 5.26 Å². The molecule has 0 aliphatic heterocycles. The maximum atomic E-state index is 13.0. The van der Waals surface area contributed by atoms with Gasteiger partial charge in [0, 0.05) is 11.6 Å². The quantitative estimate of drug-likeness (QED) is 0.536. The summed E-state index contributed by atoms with van der Waals surface area (Å²) >= 11 is 0. The summed E-state index contributed by atoms with van der Waals surface area (Å²) in [7, 11) is 0. The number of nitrogens with one attached hydrogen (secondary N) is 1. The van der Waals surface area contributed by atoms with Gasteiger partial charge in [0.15, 0.2) is 0 Å².